The van der Waals surface area contributed by atoms with E-state index in [0.717, 1.165) is 106 Å². The van der Waals surface area contributed by atoms with Gasteiger partial charge in [-0.15, -0.1) is 0 Å². The summed E-state index contributed by atoms with van der Waals surface area (Å²) in [5, 5.41) is 2.25. The molecule has 6 aromatic carbocycles. The van der Waals surface area contributed by atoms with Gasteiger partial charge in [0.15, 0.2) is 0 Å². The Morgan fingerprint density at radius 2 is 0.822 bits per heavy atom. The molecule has 350 valence electrons. The van der Waals surface area contributed by atoms with Crippen LogP contribution in [0.15, 0.2) is 242 Å². The Balaban J connectivity index is 0.000000527. The lowest BCUT2D eigenvalue weighted by Gasteiger charge is -2.13. The molecular weight excluding hydrogens is 893 g/mol. The summed E-state index contributed by atoms with van der Waals surface area (Å²) >= 11 is 0. The minimum Gasteiger partial charge on any atom is -0.308 e. The third-order valence-corrected chi connectivity index (χ3v) is 13.3. The van der Waals surface area contributed by atoms with Crippen molar-refractivity contribution in [2.24, 2.45) is 9.98 Å². The molecule has 1 aliphatic rings. The molecule has 1 aliphatic carbocycles. The number of benzene rings is 6. The van der Waals surface area contributed by atoms with E-state index in [4.69, 9.17) is 9.97 Å². The number of rotatable bonds is 8. The fraction of sp³-hybridized carbons (Fsp3) is 0.0462. The molecule has 0 radical (unpaired) electrons. The first-order valence-electron chi connectivity index (χ1n) is 24.2. The molecule has 0 aliphatic heterocycles. The summed E-state index contributed by atoms with van der Waals surface area (Å²) in [5.41, 5.74) is 23.0. The highest BCUT2D eigenvalue weighted by Crippen LogP contribution is 2.43. The lowest BCUT2D eigenvalue weighted by Crippen LogP contribution is -1.96. The summed E-state index contributed by atoms with van der Waals surface area (Å²) in [5.74, 6) is 0. The minimum atomic E-state index is 0.900. The van der Waals surface area contributed by atoms with Crippen LogP contribution in [-0.4, -0.2) is 55.6 Å². The van der Waals surface area contributed by atoms with Gasteiger partial charge in [0, 0.05) is 97.0 Å². The van der Waals surface area contributed by atoms with Crippen molar-refractivity contribution in [2.45, 2.75) is 6.42 Å². The highest BCUT2D eigenvalue weighted by Gasteiger charge is 2.23. The number of hydrogen-bond acceptors (Lipinski definition) is 6. The Kier molecular flexibility index (Phi) is 12.8. The topological polar surface area (TPSA) is 86.1 Å². The van der Waals surface area contributed by atoms with Crippen LogP contribution in [0.4, 0.5) is 0 Å². The van der Waals surface area contributed by atoms with E-state index in [-0.39, 0.29) is 0 Å². The summed E-state index contributed by atoms with van der Waals surface area (Å²) in [6.45, 7) is 6.80. The maximum atomic E-state index is 4.95. The minimum absolute atomic E-state index is 0.900. The van der Waals surface area contributed by atoms with E-state index in [1.807, 2.05) is 61.4 Å². The summed E-state index contributed by atoms with van der Waals surface area (Å²) < 4.78 is 4.75. The zero-order chi connectivity index (χ0) is 49.7. The van der Waals surface area contributed by atoms with Crippen LogP contribution in [0, 0.1) is 0 Å². The van der Waals surface area contributed by atoms with Gasteiger partial charge in [0.25, 0.3) is 0 Å². The van der Waals surface area contributed by atoms with Gasteiger partial charge in [-0.2, -0.15) is 0 Å². The van der Waals surface area contributed by atoms with Gasteiger partial charge in [-0.05, 0) is 159 Å². The molecule has 0 atom stereocenters. The molecule has 0 N–H and O–H groups in total. The lowest BCUT2D eigenvalue weighted by atomic mass is 9.99. The van der Waals surface area contributed by atoms with Crippen molar-refractivity contribution in [3.63, 3.8) is 0 Å². The standard InChI is InChI=1S/C57H36N6.2C4H7N/c1-7-36(27-38(9-1)44-11-3-23-58-34-44)40-17-21-52-50(30-40)56-54(13-5-25-60-56)62(52)46-19-15-42-29-43-16-20-47(33-49(43)48(42)32-46)63-53-22-18-41(31-51(53)57-55(63)14-6-26-61-57)37-8-2-10-39(28-37)45-12-4-24-59-35-45;2*1-3-4-5-2/h1-28,30-35H,29H2;2*3-4H,1H2,2H3. The van der Waals surface area contributed by atoms with Crippen LogP contribution >= 0.6 is 0 Å². The average Bonchev–Trinajstić information content (AvgIpc) is 4.11. The molecule has 73 heavy (non-hydrogen) atoms. The first kappa shape index (κ1) is 45.8. The molecule has 6 aromatic heterocycles. The average molecular weight is 943 g/mol. The summed E-state index contributed by atoms with van der Waals surface area (Å²) in [6.07, 6.45) is 18.7. The van der Waals surface area contributed by atoms with Crippen molar-refractivity contribution in [1.29, 1.82) is 0 Å². The highest BCUT2D eigenvalue weighted by atomic mass is 15.0. The maximum absolute atomic E-state index is 4.95. The molecule has 0 bridgehead atoms. The molecule has 6 heterocycles. The van der Waals surface area contributed by atoms with E-state index < -0.39 is 0 Å². The van der Waals surface area contributed by atoms with E-state index in [1.54, 1.807) is 38.7 Å². The fourth-order valence-electron chi connectivity index (χ4n) is 10.0. The maximum Gasteiger partial charge on any atom is 0.0963 e. The van der Waals surface area contributed by atoms with Crippen molar-refractivity contribution in [2.75, 3.05) is 14.1 Å². The van der Waals surface area contributed by atoms with Gasteiger partial charge in [-0.3, -0.25) is 29.9 Å². The third-order valence-electron chi connectivity index (χ3n) is 13.3. The quantitative estimate of drug-likeness (QED) is 0.142. The molecule has 13 rings (SSSR count). The largest absolute Gasteiger partial charge is 0.308 e. The van der Waals surface area contributed by atoms with E-state index >= 15 is 0 Å². The van der Waals surface area contributed by atoms with Crippen molar-refractivity contribution in [1.82, 2.24) is 29.1 Å². The number of allylic oxidation sites excluding steroid dienone is 2. The second kappa shape index (κ2) is 20.4. The second-order valence-corrected chi connectivity index (χ2v) is 17.7. The first-order chi connectivity index (χ1) is 36.0. The molecule has 0 amide bonds. The number of fused-ring (bicyclic) bond motifs is 9. The Morgan fingerprint density at radius 1 is 0.411 bits per heavy atom. The summed E-state index contributed by atoms with van der Waals surface area (Å²) in [7, 11) is 3.42. The second-order valence-electron chi connectivity index (χ2n) is 17.7. The Labute approximate surface area is 424 Å². The van der Waals surface area contributed by atoms with E-state index in [9.17, 15) is 0 Å². The van der Waals surface area contributed by atoms with Crippen LogP contribution in [0.1, 0.15) is 11.1 Å². The molecule has 8 heteroatoms. The van der Waals surface area contributed by atoms with Crippen molar-refractivity contribution < 1.29 is 0 Å². The predicted molar refractivity (Wildman–Crippen MR) is 306 cm³/mol. The van der Waals surface area contributed by atoms with Gasteiger partial charge in [0.1, 0.15) is 0 Å². The normalized spacial score (nSPS) is 11.6. The molecule has 0 saturated heterocycles. The van der Waals surface area contributed by atoms with Crippen LogP contribution in [0.3, 0.4) is 0 Å². The van der Waals surface area contributed by atoms with Crippen LogP contribution in [0.5, 0.6) is 0 Å². The number of hydrogen-bond donors (Lipinski definition) is 0. The summed E-state index contributed by atoms with van der Waals surface area (Å²) in [6, 6.07) is 61.5. The van der Waals surface area contributed by atoms with Gasteiger partial charge >= 0.3 is 0 Å². The van der Waals surface area contributed by atoms with Crippen LogP contribution in [0.2, 0.25) is 0 Å². The molecular formula is C65H50N8. The Hall–Kier alpha value is -9.66. The van der Waals surface area contributed by atoms with Crippen LogP contribution < -0.4 is 0 Å². The molecule has 0 saturated carbocycles. The van der Waals surface area contributed by atoms with Gasteiger partial charge in [-0.25, -0.2) is 0 Å². The molecule has 8 nitrogen and oxygen atoms in total. The smallest absolute Gasteiger partial charge is 0.0963 e. The lowest BCUT2D eigenvalue weighted by molar-refractivity contribution is 1.16. The van der Waals surface area contributed by atoms with Crippen LogP contribution in [0.25, 0.3) is 111 Å². The van der Waals surface area contributed by atoms with Crippen molar-refractivity contribution in [3.8, 4) is 67.0 Å². The Bertz CT molecular complexity index is 3800. The first-order valence-corrected chi connectivity index (χ1v) is 24.2. The number of pyridine rings is 4. The predicted octanol–water partition coefficient (Wildman–Crippen LogP) is 15.4. The molecule has 0 spiro atoms. The van der Waals surface area contributed by atoms with E-state index in [2.05, 4.69) is 188 Å². The SMILES string of the molecule is C=CC=NC.C=CC=NC.c1cncc(-c2cccc(-c3ccc4c(c3)c3ncccc3n4-c3ccc4c(c3)-c3cc(-n5c6ccc(-c7cccc(-c8cccnc8)c7)cc6c6ncccc65)ccc3C4)c2)c1. The highest BCUT2D eigenvalue weighted by molar-refractivity contribution is 6.10. The van der Waals surface area contributed by atoms with Gasteiger partial charge < -0.3 is 9.13 Å². The fourth-order valence-corrected chi connectivity index (χ4v) is 10.0. The van der Waals surface area contributed by atoms with E-state index in [0.29, 0.717) is 0 Å². The molecule has 12 aromatic rings. The van der Waals surface area contributed by atoms with Crippen molar-refractivity contribution >= 4 is 56.3 Å². The third kappa shape index (κ3) is 8.83. The van der Waals surface area contributed by atoms with Crippen molar-refractivity contribution in [3.05, 3.63) is 243 Å². The monoisotopic (exact) mass is 942 g/mol. The Morgan fingerprint density at radius 3 is 1.22 bits per heavy atom. The van der Waals surface area contributed by atoms with Gasteiger partial charge in [-0.1, -0.05) is 98.1 Å². The number of nitrogens with zero attached hydrogens (tertiary/aromatic N) is 8. The van der Waals surface area contributed by atoms with Gasteiger partial charge in [0.05, 0.1) is 33.1 Å². The number of aliphatic imine (C=N–C) groups is 2. The zero-order valence-corrected chi connectivity index (χ0v) is 40.6. The zero-order valence-electron chi connectivity index (χ0n) is 40.6. The summed E-state index contributed by atoms with van der Waals surface area (Å²) in [4.78, 5) is 25.8. The number of aromatic nitrogens is 6. The van der Waals surface area contributed by atoms with Crippen LogP contribution in [-0.2, 0) is 6.42 Å². The van der Waals surface area contributed by atoms with E-state index in [1.165, 1.54) is 22.3 Å². The van der Waals surface area contributed by atoms with Gasteiger partial charge in [0.2, 0.25) is 0 Å². The molecule has 0 unspecified atom stereocenters. The molecule has 0 fully saturated rings.